The van der Waals surface area contributed by atoms with E-state index in [0.717, 1.165) is 24.5 Å². The number of fused-ring (bicyclic) bond motifs is 2. The van der Waals surface area contributed by atoms with Crippen molar-refractivity contribution in [2.24, 2.45) is 17.8 Å². The van der Waals surface area contributed by atoms with E-state index < -0.39 is 15.8 Å². The number of amides is 1. The predicted octanol–water partition coefficient (Wildman–Crippen LogP) is 2.09. The maximum Gasteiger partial charge on any atom is 0.243 e. The standard InChI is InChI=1S/C18H23FN2O3S/c19-15-3-5-16(6-4-15)25(23,24)21-9-7-20(8-10-21)18(22)17-12-13-1-2-14(17)11-13/h3-6,13-14,17H,1-2,7-12H2. The molecule has 1 aromatic rings. The van der Waals surface area contributed by atoms with E-state index in [-0.39, 0.29) is 16.7 Å². The van der Waals surface area contributed by atoms with Crippen LogP contribution in [0.2, 0.25) is 0 Å². The average Bonchev–Trinajstić information content (AvgIpc) is 3.25. The van der Waals surface area contributed by atoms with E-state index in [1.165, 1.54) is 35.7 Å². The second kappa shape index (κ2) is 6.36. The summed E-state index contributed by atoms with van der Waals surface area (Å²) in [5.74, 6) is 1.17. The Morgan fingerprint density at radius 1 is 1.00 bits per heavy atom. The zero-order chi connectivity index (χ0) is 17.6. The fourth-order valence-corrected chi connectivity index (χ4v) is 6.11. The number of carbonyl (C=O) groups is 1. The monoisotopic (exact) mass is 366 g/mol. The van der Waals surface area contributed by atoms with E-state index in [0.29, 0.717) is 32.1 Å². The first-order valence-corrected chi connectivity index (χ1v) is 10.4. The van der Waals surface area contributed by atoms with Crippen LogP contribution in [-0.4, -0.2) is 49.7 Å². The Labute approximate surface area is 147 Å². The zero-order valence-electron chi connectivity index (χ0n) is 14.1. The van der Waals surface area contributed by atoms with Crippen LogP contribution in [0.1, 0.15) is 25.7 Å². The van der Waals surface area contributed by atoms with Crippen LogP contribution in [0, 0.1) is 23.6 Å². The molecule has 0 N–H and O–H groups in total. The molecular formula is C18H23FN2O3S. The van der Waals surface area contributed by atoms with Gasteiger partial charge in [-0.15, -0.1) is 0 Å². The second-order valence-corrected chi connectivity index (χ2v) is 9.40. The van der Waals surface area contributed by atoms with Crippen molar-refractivity contribution in [3.8, 4) is 0 Å². The molecule has 25 heavy (non-hydrogen) atoms. The molecule has 0 radical (unpaired) electrons. The maximum atomic E-state index is 13.0. The first-order chi connectivity index (χ1) is 11.9. The predicted molar refractivity (Wildman–Crippen MR) is 90.7 cm³/mol. The molecule has 1 aromatic carbocycles. The Hall–Kier alpha value is -1.47. The Bertz CT molecular complexity index is 757. The number of carbonyl (C=O) groups excluding carboxylic acids is 1. The van der Waals surface area contributed by atoms with Crippen LogP contribution in [0.4, 0.5) is 4.39 Å². The SMILES string of the molecule is O=C(C1CC2CCC1C2)N1CCN(S(=O)(=O)c2ccc(F)cc2)CC1. The van der Waals surface area contributed by atoms with Gasteiger partial charge in [-0.3, -0.25) is 4.79 Å². The summed E-state index contributed by atoms with van der Waals surface area (Å²) in [5, 5.41) is 0. The van der Waals surface area contributed by atoms with E-state index in [4.69, 9.17) is 0 Å². The molecule has 136 valence electrons. The lowest BCUT2D eigenvalue weighted by Crippen LogP contribution is -2.52. The molecule has 1 heterocycles. The number of rotatable bonds is 3. The lowest BCUT2D eigenvalue weighted by atomic mass is 9.87. The minimum atomic E-state index is -3.63. The molecule has 1 amide bonds. The lowest BCUT2D eigenvalue weighted by molar-refractivity contribution is -0.138. The highest BCUT2D eigenvalue weighted by molar-refractivity contribution is 7.89. The van der Waals surface area contributed by atoms with E-state index in [1.807, 2.05) is 4.90 Å². The Balaban J connectivity index is 1.39. The third-order valence-corrected chi connectivity index (χ3v) is 7.97. The fourth-order valence-electron chi connectivity index (χ4n) is 4.69. The van der Waals surface area contributed by atoms with Crippen molar-refractivity contribution in [1.29, 1.82) is 0 Å². The Kier molecular flexibility index (Phi) is 4.32. The van der Waals surface area contributed by atoms with Crippen molar-refractivity contribution in [2.75, 3.05) is 26.2 Å². The highest BCUT2D eigenvalue weighted by Gasteiger charge is 2.45. The zero-order valence-corrected chi connectivity index (χ0v) is 14.9. The van der Waals surface area contributed by atoms with Gasteiger partial charge in [0.25, 0.3) is 0 Å². The van der Waals surface area contributed by atoms with Gasteiger partial charge in [0.2, 0.25) is 15.9 Å². The minimum absolute atomic E-state index is 0.0989. The quantitative estimate of drug-likeness (QED) is 0.823. The molecular weight excluding hydrogens is 343 g/mol. The molecule has 2 bridgehead atoms. The van der Waals surface area contributed by atoms with Gasteiger partial charge in [-0.05, 0) is 55.4 Å². The van der Waals surface area contributed by atoms with Crippen LogP contribution in [0.25, 0.3) is 0 Å². The van der Waals surface area contributed by atoms with Crippen LogP contribution < -0.4 is 0 Å². The van der Waals surface area contributed by atoms with Crippen molar-refractivity contribution in [3.05, 3.63) is 30.1 Å². The molecule has 0 aromatic heterocycles. The second-order valence-electron chi connectivity index (χ2n) is 7.46. The molecule has 1 saturated heterocycles. The van der Waals surface area contributed by atoms with Crippen LogP contribution in [-0.2, 0) is 14.8 Å². The van der Waals surface area contributed by atoms with E-state index >= 15 is 0 Å². The Morgan fingerprint density at radius 2 is 1.68 bits per heavy atom. The number of sulfonamides is 1. The largest absolute Gasteiger partial charge is 0.340 e. The molecule has 3 atom stereocenters. The minimum Gasteiger partial charge on any atom is -0.340 e. The van der Waals surface area contributed by atoms with Gasteiger partial charge in [0.1, 0.15) is 5.82 Å². The number of piperazine rings is 1. The van der Waals surface area contributed by atoms with Gasteiger partial charge < -0.3 is 4.90 Å². The molecule has 3 unspecified atom stereocenters. The molecule has 5 nitrogen and oxygen atoms in total. The van der Waals surface area contributed by atoms with E-state index in [2.05, 4.69) is 0 Å². The first-order valence-electron chi connectivity index (χ1n) is 8.99. The normalized spacial score (nSPS) is 30.0. The van der Waals surface area contributed by atoms with Crippen molar-refractivity contribution in [2.45, 2.75) is 30.6 Å². The number of hydrogen-bond donors (Lipinski definition) is 0. The van der Waals surface area contributed by atoms with Crippen molar-refractivity contribution in [3.63, 3.8) is 0 Å². The van der Waals surface area contributed by atoms with Crippen molar-refractivity contribution < 1.29 is 17.6 Å². The van der Waals surface area contributed by atoms with Gasteiger partial charge >= 0.3 is 0 Å². The maximum absolute atomic E-state index is 13.0. The topological polar surface area (TPSA) is 57.7 Å². The number of nitrogens with zero attached hydrogens (tertiary/aromatic N) is 2. The van der Waals surface area contributed by atoms with Crippen LogP contribution >= 0.6 is 0 Å². The third-order valence-electron chi connectivity index (χ3n) is 6.06. The van der Waals surface area contributed by atoms with Crippen LogP contribution in [0.15, 0.2) is 29.2 Å². The molecule has 4 rings (SSSR count). The first kappa shape index (κ1) is 17.0. The van der Waals surface area contributed by atoms with Gasteiger partial charge in [0.05, 0.1) is 4.90 Å². The van der Waals surface area contributed by atoms with Crippen molar-refractivity contribution >= 4 is 15.9 Å². The molecule has 2 aliphatic carbocycles. The summed E-state index contributed by atoms with van der Waals surface area (Å²) in [6, 6.07) is 4.89. The molecule has 3 fully saturated rings. The van der Waals surface area contributed by atoms with Gasteiger partial charge in [0, 0.05) is 32.1 Å². The molecule has 7 heteroatoms. The van der Waals surface area contributed by atoms with Gasteiger partial charge in [0.15, 0.2) is 0 Å². The summed E-state index contributed by atoms with van der Waals surface area (Å²) in [7, 11) is -3.63. The lowest BCUT2D eigenvalue weighted by Gasteiger charge is -2.36. The third kappa shape index (κ3) is 3.08. The smallest absolute Gasteiger partial charge is 0.243 e. The van der Waals surface area contributed by atoms with Crippen molar-refractivity contribution in [1.82, 2.24) is 9.21 Å². The summed E-state index contributed by atoms with van der Waals surface area (Å²) < 4.78 is 39.7. The summed E-state index contributed by atoms with van der Waals surface area (Å²) >= 11 is 0. The Morgan fingerprint density at radius 3 is 2.24 bits per heavy atom. The fraction of sp³-hybridized carbons (Fsp3) is 0.611. The highest BCUT2D eigenvalue weighted by atomic mass is 32.2. The summed E-state index contributed by atoms with van der Waals surface area (Å²) in [6.07, 6.45) is 4.63. The van der Waals surface area contributed by atoms with E-state index in [9.17, 15) is 17.6 Å². The summed E-state index contributed by atoms with van der Waals surface area (Å²) in [4.78, 5) is 14.7. The van der Waals surface area contributed by atoms with Gasteiger partial charge in [-0.1, -0.05) is 6.42 Å². The molecule has 2 saturated carbocycles. The van der Waals surface area contributed by atoms with Gasteiger partial charge in [-0.25, -0.2) is 12.8 Å². The average molecular weight is 366 g/mol. The molecule has 1 aliphatic heterocycles. The van der Waals surface area contributed by atoms with Crippen LogP contribution in [0.3, 0.4) is 0 Å². The summed E-state index contributed by atoms with van der Waals surface area (Å²) in [6.45, 7) is 1.47. The number of halogens is 1. The van der Waals surface area contributed by atoms with E-state index in [1.54, 1.807) is 0 Å². The molecule has 3 aliphatic rings. The number of hydrogen-bond acceptors (Lipinski definition) is 3. The van der Waals surface area contributed by atoms with Crippen LogP contribution in [0.5, 0.6) is 0 Å². The number of benzene rings is 1. The molecule has 0 spiro atoms. The van der Waals surface area contributed by atoms with Gasteiger partial charge in [-0.2, -0.15) is 4.31 Å². The highest BCUT2D eigenvalue weighted by Crippen LogP contribution is 2.48. The summed E-state index contributed by atoms with van der Waals surface area (Å²) in [5.41, 5.74) is 0.